The van der Waals surface area contributed by atoms with Crippen molar-refractivity contribution in [2.24, 2.45) is 0 Å². The van der Waals surface area contributed by atoms with Crippen molar-refractivity contribution in [3.05, 3.63) is 64.2 Å². The molecule has 0 aromatic heterocycles. The van der Waals surface area contributed by atoms with Crippen LogP contribution in [-0.4, -0.2) is 11.7 Å². The van der Waals surface area contributed by atoms with Gasteiger partial charge >= 0.3 is 0 Å². The van der Waals surface area contributed by atoms with Crippen molar-refractivity contribution in [3.8, 4) is 17.6 Å². The van der Waals surface area contributed by atoms with Crippen molar-refractivity contribution in [1.82, 2.24) is 0 Å². The van der Waals surface area contributed by atoms with Crippen molar-refractivity contribution in [2.45, 2.75) is 6.61 Å². The quantitative estimate of drug-likeness (QED) is 0.879. The van der Waals surface area contributed by atoms with Crippen LogP contribution in [0.4, 0.5) is 8.78 Å². The van der Waals surface area contributed by atoms with E-state index in [-0.39, 0.29) is 24.5 Å². The highest BCUT2D eigenvalue weighted by Gasteiger charge is 2.07. The highest BCUT2D eigenvalue weighted by Crippen LogP contribution is 2.22. The van der Waals surface area contributed by atoms with Crippen LogP contribution in [0.1, 0.15) is 11.1 Å². The number of aliphatic hydroxyl groups is 1. The van der Waals surface area contributed by atoms with Crippen LogP contribution in [0.15, 0.2) is 36.4 Å². The Labute approximate surface area is 125 Å². The van der Waals surface area contributed by atoms with Gasteiger partial charge in [0.15, 0.2) is 0 Å². The molecule has 2 nitrogen and oxygen atoms in total. The lowest BCUT2D eigenvalue weighted by molar-refractivity contribution is 0.297. The molecule has 2 aromatic carbocycles. The second-order valence-electron chi connectivity index (χ2n) is 4.12. The monoisotopic (exact) mass is 308 g/mol. The number of hydrogen-bond donors (Lipinski definition) is 1. The number of benzene rings is 2. The maximum absolute atomic E-state index is 13.6. The van der Waals surface area contributed by atoms with Gasteiger partial charge in [-0.15, -0.1) is 0 Å². The maximum atomic E-state index is 13.6. The zero-order valence-electron chi connectivity index (χ0n) is 10.9. The molecule has 0 amide bonds. The minimum atomic E-state index is -0.494. The minimum absolute atomic E-state index is 0.107. The van der Waals surface area contributed by atoms with Gasteiger partial charge in [-0.3, -0.25) is 0 Å². The van der Waals surface area contributed by atoms with Gasteiger partial charge in [0, 0.05) is 16.7 Å². The SMILES string of the molecule is OCC#Cc1ccc(F)cc1OCc1cc(Cl)ccc1F. The van der Waals surface area contributed by atoms with Gasteiger partial charge in [0.1, 0.15) is 30.6 Å². The molecular formula is C16H11ClF2O2. The zero-order chi connectivity index (χ0) is 15.2. The van der Waals surface area contributed by atoms with Crippen molar-refractivity contribution in [1.29, 1.82) is 0 Å². The molecule has 2 rings (SSSR count). The molecule has 0 saturated carbocycles. The molecule has 108 valence electrons. The van der Waals surface area contributed by atoms with Crippen molar-refractivity contribution in [3.63, 3.8) is 0 Å². The summed E-state index contributed by atoms with van der Waals surface area (Å²) in [5.74, 6) is 4.31. The van der Waals surface area contributed by atoms with Crippen LogP contribution in [0.25, 0.3) is 0 Å². The summed E-state index contributed by atoms with van der Waals surface area (Å²) in [5.41, 5.74) is 0.667. The summed E-state index contributed by atoms with van der Waals surface area (Å²) in [6, 6.07) is 7.93. The molecule has 0 aliphatic carbocycles. The molecule has 0 saturated heterocycles. The first-order valence-corrected chi connectivity index (χ1v) is 6.44. The lowest BCUT2D eigenvalue weighted by Gasteiger charge is -2.09. The van der Waals surface area contributed by atoms with Gasteiger partial charge in [0.25, 0.3) is 0 Å². The molecular weight excluding hydrogens is 298 g/mol. The van der Waals surface area contributed by atoms with E-state index in [4.69, 9.17) is 21.4 Å². The summed E-state index contributed by atoms with van der Waals surface area (Å²) >= 11 is 5.79. The summed E-state index contributed by atoms with van der Waals surface area (Å²) in [6.07, 6.45) is 0. The van der Waals surface area contributed by atoms with Crippen LogP contribution in [0, 0.1) is 23.5 Å². The highest BCUT2D eigenvalue weighted by molar-refractivity contribution is 6.30. The van der Waals surface area contributed by atoms with Crippen LogP contribution < -0.4 is 4.74 Å². The number of hydrogen-bond acceptors (Lipinski definition) is 2. The van der Waals surface area contributed by atoms with Crippen LogP contribution in [0.3, 0.4) is 0 Å². The van der Waals surface area contributed by atoms with Crippen molar-refractivity contribution < 1.29 is 18.6 Å². The number of halogens is 3. The third-order valence-corrected chi connectivity index (χ3v) is 2.87. The molecule has 5 heteroatoms. The zero-order valence-corrected chi connectivity index (χ0v) is 11.6. The number of rotatable bonds is 3. The summed E-state index contributed by atoms with van der Waals surface area (Å²) in [4.78, 5) is 0. The smallest absolute Gasteiger partial charge is 0.138 e. The Kier molecular flexibility index (Phi) is 5.15. The second kappa shape index (κ2) is 7.07. The van der Waals surface area contributed by atoms with Crippen molar-refractivity contribution >= 4 is 11.6 Å². The molecule has 0 heterocycles. The van der Waals surface area contributed by atoms with E-state index < -0.39 is 11.6 Å². The van der Waals surface area contributed by atoms with E-state index in [9.17, 15) is 8.78 Å². The molecule has 0 bridgehead atoms. The van der Waals surface area contributed by atoms with Crippen molar-refractivity contribution in [2.75, 3.05) is 6.61 Å². The first-order valence-electron chi connectivity index (χ1n) is 6.06. The fourth-order valence-electron chi connectivity index (χ4n) is 1.66. The topological polar surface area (TPSA) is 29.5 Å². The second-order valence-corrected chi connectivity index (χ2v) is 4.56. The average molecular weight is 309 g/mol. The Morgan fingerprint density at radius 3 is 2.71 bits per heavy atom. The molecule has 0 atom stereocenters. The number of ether oxygens (including phenoxy) is 1. The van der Waals surface area contributed by atoms with Gasteiger partial charge < -0.3 is 9.84 Å². The van der Waals surface area contributed by atoms with Gasteiger partial charge in [-0.05, 0) is 30.3 Å². The third kappa shape index (κ3) is 4.19. The van der Waals surface area contributed by atoms with E-state index in [1.807, 2.05) is 0 Å². The summed E-state index contributed by atoms with van der Waals surface area (Å²) in [5, 5.41) is 9.08. The lowest BCUT2D eigenvalue weighted by atomic mass is 10.2. The maximum Gasteiger partial charge on any atom is 0.138 e. The standard InChI is InChI=1S/C16H11ClF2O2/c17-13-4-6-15(19)12(8-13)10-21-16-9-14(18)5-3-11(16)2-1-7-20/h3-6,8-9,20H,7,10H2. The Morgan fingerprint density at radius 2 is 1.95 bits per heavy atom. The molecule has 0 aliphatic rings. The molecule has 21 heavy (non-hydrogen) atoms. The largest absolute Gasteiger partial charge is 0.487 e. The Balaban J connectivity index is 2.23. The summed E-state index contributed by atoms with van der Waals surface area (Å²) in [7, 11) is 0. The predicted molar refractivity (Wildman–Crippen MR) is 76.1 cm³/mol. The minimum Gasteiger partial charge on any atom is -0.487 e. The number of aliphatic hydroxyl groups excluding tert-OH is 1. The fourth-order valence-corrected chi connectivity index (χ4v) is 1.86. The van der Waals surface area contributed by atoms with Gasteiger partial charge in [0.05, 0.1) is 5.56 Å². The molecule has 0 aliphatic heterocycles. The Bertz CT molecular complexity index is 705. The van der Waals surface area contributed by atoms with Gasteiger partial charge in [-0.25, -0.2) is 8.78 Å². The third-order valence-electron chi connectivity index (χ3n) is 2.64. The van der Waals surface area contributed by atoms with Crippen LogP contribution in [0.2, 0.25) is 5.02 Å². The van der Waals surface area contributed by atoms with E-state index in [0.717, 1.165) is 6.07 Å². The van der Waals surface area contributed by atoms with Gasteiger partial charge in [0.2, 0.25) is 0 Å². The predicted octanol–water partition coefficient (Wildman–Crippen LogP) is 3.54. The molecule has 0 fully saturated rings. The molecule has 2 aromatic rings. The Morgan fingerprint density at radius 1 is 1.14 bits per heavy atom. The van der Waals surface area contributed by atoms with E-state index in [1.54, 1.807) is 0 Å². The van der Waals surface area contributed by atoms with Crippen LogP contribution >= 0.6 is 11.6 Å². The van der Waals surface area contributed by atoms with E-state index in [1.165, 1.54) is 30.3 Å². The van der Waals surface area contributed by atoms with Gasteiger partial charge in [-0.1, -0.05) is 23.4 Å². The summed E-state index contributed by atoms with van der Waals surface area (Å²) in [6.45, 7) is -0.427. The first-order chi connectivity index (χ1) is 10.1. The van der Waals surface area contributed by atoms with E-state index in [0.29, 0.717) is 10.6 Å². The molecule has 0 unspecified atom stereocenters. The molecule has 0 spiro atoms. The average Bonchev–Trinajstić information content (AvgIpc) is 2.47. The highest BCUT2D eigenvalue weighted by atomic mass is 35.5. The van der Waals surface area contributed by atoms with Crippen LogP contribution in [-0.2, 0) is 6.61 Å². The lowest BCUT2D eigenvalue weighted by Crippen LogP contribution is -2.00. The van der Waals surface area contributed by atoms with E-state index in [2.05, 4.69) is 11.8 Å². The molecule has 0 radical (unpaired) electrons. The summed E-state index contributed by atoms with van der Waals surface area (Å²) < 4.78 is 32.3. The first kappa shape index (κ1) is 15.3. The van der Waals surface area contributed by atoms with Crippen LogP contribution in [0.5, 0.6) is 5.75 Å². The van der Waals surface area contributed by atoms with E-state index >= 15 is 0 Å². The normalized spacial score (nSPS) is 9.90. The van der Waals surface area contributed by atoms with Gasteiger partial charge in [-0.2, -0.15) is 0 Å². The molecule has 1 N–H and O–H groups in total. The Hall–Kier alpha value is -2.09. The fraction of sp³-hybridized carbons (Fsp3) is 0.125.